The Hall–Kier alpha value is -3.50. The number of nitro groups is 1. The van der Waals surface area contributed by atoms with Crippen LogP contribution in [0.5, 0.6) is 5.88 Å². The van der Waals surface area contributed by atoms with Gasteiger partial charge in [0.15, 0.2) is 6.61 Å². The third-order valence-corrected chi connectivity index (χ3v) is 3.27. The number of amides is 1. The highest BCUT2D eigenvalue weighted by atomic mass is 19.3. The molecule has 0 saturated carbocycles. The normalized spacial score (nSPS) is 11.6. The van der Waals surface area contributed by atoms with Crippen molar-refractivity contribution >= 4 is 23.4 Å². The molecule has 0 fully saturated rings. The van der Waals surface area contributed by atoms with Crippen LogP contribution in [0.1, 0.15) is 5.56 Å². The van der Waals surface area contributed by atoms with E-state index in [0.717, 1.165) is 12.3 Å². The molecule has 2 aromatic rings. The molecule has 148 valence electrons. The van der Waals surface area contributed by atoms with E-state index in [0.29, 0.717) is 5.56 Å². The molecule has 1 amide bonds. The Kier molecular flexibility index (Phi) is 6.64. The van der Waals surface area contributed by atoms with Gasteiger partial charge in [0, 0.05) is 24.3 Å². The molecule has 0 aliphatic carbocycles. The lowest BCUT2D eigenvalue weighted by molar-refractivity contribution is -0.384. The van der Waals surface area contributed by atoms with Crippen molar-refractivity contribution < 1.29 is 32.0 Å². The van der Waals surface area contributed by atoms with E-state index in [9.17, 15) is 32.5 Å². The number of pyridine rings is 1. The first-order valence-electron chi connectivity index (χ1n) is 7.66. The minimum absolute atomic E-state index is 0.0821. The van der Waals surface area contributed by atoms with E-state index in [2.05, 4.69) is 15.0 Å². The molecule has 0 radical (unpaired) electrons. The van der Waals surface area contributed by atoms with Crippen LogP contribution in [0.25, 0.3) is 6.08 Å². The van der Waals surface area contributed by atoms with Crippen LogP contribution in [0.2, 0.25) is 0 Å². The second-order valence-corrected chi connectivity index (χ2v) is 5.41. The third-order valence-electron chi connectivity index (χ3n) is 3.27. The summed E-state index contributed by atoms with van der Waals surface area (Å²) in [5, 5.41) is 13.0. The van der Waals surface area contributed by atoms with Crippen LogP contribution >= 0.6 is 0 Å². The molecule has 0 aliphatic heterocycles. The number of rotatable bonds is 8. The Morgan fingerprint density at radius 1 is 1.25 bits per heavy atom. The fourth-order valence-corrected chi connectivity index (χ4v) is 1.84. The largest absolute Gasteiger partial charge is 0.471 e. The average molecular weight is 399 g/mol. The van der Waals surface area contributed by atoms with E-state index in [4.69, 9.17) is 0 Å². The number of non-ortho nitro benzene ring substituents is 1. The van der Waals surface area contributed by atoms with E-state index >= 15 is 0 Å². The predicted molar refractivity (Wildman–Crippen MR) is 91.4 cm³/mol. The van der Waals surface area contributed by atoms with Gasteiger partial charge >= 0.3 is 12.3 Å². The topological polar surface area (TPSA) is 94.4 Å². The maximum absolute atomic E-state index is 12.8. The van der Waals surface area contributed by atoms with Gasteiger partial charge in [-0.3, -0.25) is 14.9 Å². The molecule has 0 aliphatic rings. The second kappa shape index (κ2) is 8.93. The van der Waals surface area contributed by atoms with E-state index < -0.39 is 29.8 Å². The summed E-state index contributed by atoms with van der Waals surface area (Å²) in [4.78, 5) is 25.5. The van der Waals surface area contributed by atoms with Gasteiger partial charge in [-0.15, -0.1) is 0 Å². The highest BCUT2D eigenvalue weighted by Crippen LogP contribution is 2.24. The van der Waals surface area contributed by atoms with Crippen LogP contribution in [0.15, 0.2) is 48.7 Å². The SMILES string of the molecule is O=C(/C=C/c1ccc([N+](=O)[O-])cc1)Nc1ccc(OCC(F)(F)C(F)F)nc1. The first-order valence-corrected chi connectivity index (χ1v) is 7.66. The van der Waals surface area contributed by atoms with Crippen molar-refractivity contribution in [2.24, 2.45) is 0 Å². The Labute approximate surface area is 155 Å². The van der Waals surface area contributed by atoms with Crippen molar-refractivity contribution in [2.45, 2.75) is 12.3 Å². The van der Waals surface area contributed by atoms with E-state index in [1.807, 2.05) is 0 Å². The summed E-state index contributed by atoms with van der Waals surface area (Å²) in [5.74, 6) is -5.14. The Morgan fingerprint density at radius 2 is 1.93 bits per heavy atom. The first-order chi connectivity index (χ1) is 13.2. The van der Waals surface area contributed by atoms with Crippen molar-refractivity contribution in [3.63, 3.8) is 0 Å². The molecule has 0 atom stereocenters. The summed E-state index contributed by atoms with van der Waals surface area (Å²) in [6.07, 6.45) is -0.146. The number of hydrogen-bond acceptors (Lipinski definition) is 5. The molecule has 0 bridgehead atoms. The minimum atomic E-state index is -4.29. The molecule has 0 unspecified atom stereocenters. The molecule has 1 N–H and O–H groups in total. The van der Waals surface area contributed by atoms with Crippen LogP contribution in [0.3, 0.4) is 0 Å². The van der Waals surface area contributed by atoms with Crippen LogP contribution in [0.4, 0.5) is 28.9 Å². The lowest BCUT2D eigenvalue weighted by atomic mass is 10.2. The average Bonchev–Trinajstić information content (AvgIpc) is 2.66. The number of nitrogens with one attached hydrogen (secondary N) is 1. The molecule has 11 heteroatoms. The van der Waals surface area contributed by atoms with Gasteiger partial charge in [0.25, 0.3) is 5.69 Å². The van der Waals surface area contributed by atoms with Crippen LogP contribution in [0, 0.1) is 10.1 Å². The highest BCUT2D eigenvalue weighted by Gasteiger charge is 2.41. The van der Waals surface area contributed by atoms with Gasteiger partial charge in [0.2, 0.25) is 11.8 Å². The standard InChI is InChI=1S/C17H13F4N3O4/c18-16(19)17(20,21)10-28-15-8-4-12(9-22-15)23-14(25)7-3-11-1-5-13(6-2-11)24(26)27/h1-9,16H,10H2,(H,23,25)/b7-3+. The van der Waals surface area contributed by atoms with Gasteiger partial charge in [0.1, 0.15) is 0 Å². The molecule has 0 spiro atoms. The van der Waals surface area contributed by atoms with Gasteiger partial charge in [-0.2, -0.15) is 8.78 Å². The van der Waals surface area contributed by atoms with Crippen molar-refractivity contribution in [1.29, 1.82) is 0 Å². The van der Waals surface area contributed by atoms with Crippen molar-refractivity contribution in [2.75, 3.05) is 11.9 Å². The van der Waals surface area contributed by atoms with Crippen LogP contribution in [-0.4, -0.2) is 34.8 Å². The first kappa shape index (κ1) is 20.8. The van der Waals surface area contributed by atoms with Crippen molar-refractivity contribution in [3.8, 4) is 5.88 Å². The number of halogens is 4. The Balaban J connectivity index is 1.89. The number of carbonyl (C=O) groups is 1. The van der Waals surface area contributed by atoms with Gasteiger partial charge in [-0.1, -0.05) is 0 Å². The molecule has 1 aromatic heterocycles. The fourth-order valence-electron chi connectivity index (χ4n) is 1.84. The Morgan fingerprint density at radius 3 is 2.46 bits per heavy atom. The summed E-state index contributed by atoms with van der Waals surface area (Å²) in [6.45, 7) is -1.53. The molecule has 7 nitrogen and oxygen atoms in total. The van der Waals surface area contributed by atoms with E-state index in [1.165, 1.54) is 42.5 Å². The van der Waals surface area contributed by atoms with Crippen LogP contribution < -0.4 is 10.1 Å². The molecule has 1 aromatic carbocycles. The molecular weight excluding hydrogens is 386 g/mol. The van der Waals surface area contributed by atoms with Gasteiger partial charge < -0.3 is 10.1 Å². The lowest BCUT2D eigenvalue weighted by Crippen LogP contribution is -2.33. The van der Waals surface area contributed by atoms with Crippen molar-refractivity contribution in [3.05, 3.63) is 64.3 Å². The second-order valence-electron chi connectivity index (χ2n) is 5.41. The maximum Gasteiger partial charge on any atom is 0.340 e. The summed E-state index contributed by atoms with van der Waals surface area (Å²) in [6, 6.07) is 7.93. The van der Waals surface area contributed by atoms with Gasteiger partial charge in [-0.05, 0) is 29.8 Å². The number of aromatic nitrogens is 1. The zero-order chi connectivity index (χ0) is 20.7. The number of anilines is 1. The minimum Gasteiger partial charge on any atom is -0.471 e. The van der Waals surface area contributed by atoms with E-state index in [-0.39, 0.29) is 17.3 Å². The summed E-state index contributed by atoms with van der Waals surface area (Å²) >= 11 is 0. The molecule has 2 rings (SSSR count). The number of carbonyl (C=O) groups excluding carboxylic acids is 1. The number of alkyl halides is 4. The number of nitrogens with zero attached hydrogens (tertiary/aromatic N) is 2. The highest BCUT2D eigenvalue weighted by molar-refractivity contribution is 6.01. The molecule has 1 heterocycles. The molecule has 0 saturated heterocycles. The number of benzene rings is 1. The Bertz CT molecular complexity index is 856. The zero-order valence-corrected chi connectivity index (χ0v) is 14.0. The lowest BCUT2D eigenvalue weighted by Gasteiger charge is -2.15. The third kappa shape index (κ3) is 6.04. The summed E-state index contributed by atoms with van der Waals surface area (Å²) < 4.78 is 54.1. The van der Waals surface area contributed by atoms with Gasteiger partial charge in [0.05, 0.1) is 16.8 Å². The predicted octanol–water partition coefficient (Wildman–Crippen LogP) is 3.92. The molecule has 28 heavy (non-hydrogen) atoms. The van der Waals surface area contributed by atoms with E-state index in [1.54, 1.807) is 0 Å². The smallest absolute Gasteiger partial charge is 0.340 e. The summed E-state index contributed by atoms with van der Waals surface area (Å²) in [5.41, 5.74) is 0.690. The summed E-state index contributed by atoms with van der Waals surface area (Å²) in [7, 11) is 0. The van der Waals surface area contributed by atoms with Gasteiger partial charge in [-0.25, -0.2) is 13.8 Å². The number of ether oxygens (including phenoxy) is 1. The fraction of sp³-hybridized carbons (Fsp3) is 0.176. The number of hydrogen-bond donors (Lipinski definition) is 1. The quantitative estimate of drug-likeness (QED) is 0.314. The number of nitro benzene ring substituents is 1. The van der Waals surface area contributed by atoms with Crippen LogP contribution in [-0.2, 0) is 4.79 Å². The monoisotopic (exact) mass is 399 g/mol. The zero-order valence-electron chi connectivity index (χ0n) is 14.0. The molecular formula is C17H13F4N3O4. The van der Waals surface area contributed by atoms with Crippen molar-refractivity contribution in [1.82, 2.24) is 4.98 Å². The maximum atomic E-state index is 12.8.